The molecular formula is C24H24N2O4. The maximum absolute atomic E-state index is 13.5. The number of aliphatic hydroxyl groups excluding tert-OH is 1. The third kappa shape index (κ3) is 3.04. The first-order chi connectivity index (χ1) is 14.5. The molecule has 30 heavy (non-hydrogen) atoms. The van der Waals surface area contributed by atoms with E-state index >= 15 is 0 Å². The van der Waals surface area contributed by atoms with Crippen LogP contribution in [0.1, 0.15) is 41.7 Å². The maximum atomic E-state index is 13.5. The van der Waals surface area contributed by atoms with Gasteiger partial charge in [-0.15, -0.1) is 0 Å². The number of aromatic nitrogens is 1. The van der Waals surface area contributed by atoms with Crippen molar-refractivity contribution in [3.05, 3.63) is 76.2 Å². The van der Waals surface area contributed by atoms with Gasteiger partial charge in [-0.2, -0.15) is 0 Å². The quantitative estimate of drug-likeness (QED) is 0.698. The number of hydrogen-bond acceptors (Lipinski definition) is 4. The zero-order valence-corrected chi connectivity index (χ0v) is 16.6. The highest BCUT2D eigenvalue weighted by molar-refractivity contribution is 6.04. The largest absolute Gasteiger partial charge is 0.478 e. The van der Waals surface area contributed by atoms with Crippen molar-refractivity contribution in [1.82, 2.24) is 9.47 Å². The molecule has 1 aromatic heterocycles. The highest BCUT2D eigenvalue weighted by atomic mass is 16.4. The summed E-state index contributed by atoms with van der Waals surface area (Å²) in [6, 6.07) is 16.6. The molecule has 2 bridgehead atoms. The number of pyridine rings is 1. The third-order valence-electron chi connectivity index (χ3n) is 6.61. The predicted molar refractivity (Wildman–Crippen MR) is 114 cm³/mol. The normalized spacial score (nSPS) is 23.7. The Morgan fingerprint density at radius 3 is 2.17 bits per heavy atom. The molecule has 154 valence electrons. The molecule has 3 aromatic rings. The number of carboxylic acid groups (broad SMARTS) is 1. The minimum Gasteiger partial charge on any atom is -0.478 e. The van der Waals surface area contributed by atoms with Gasteiger partial charge in [0.1, 0.15) is 0 Å². The van der Waals surface area contributed by atoms with Crippen molar-refractivity contribution >= 4 is 16.7 Å². The van der Waals surface area contributed by atoms with Crippen molar-refractivity contribution in [1.29, 1.82) is 0 Å². The van der Waals surface area contributed by atoms with Gasteiger partial charge in [0.05, 0.1) is 17.4 Å². The van der Waals surface area contributed by atoms with E-state index in [-0.39, 0.29) is 29.3 Å². The van der Waals surface area contributed by atoms with Gasteiger partial charge in [0.15, 0.2) is 0 Å². The van der Waals surface area contributed by atoms with Crippen molar-refractivity contribution in [2.24, 2.45) is 0 Å². The Labute approximate surface area is 174 Å². The second kappa shape index (κ2) is 7.38. The SMILES string of the molecule is O=C(O)c1c(CN2[C@@H]3CC[C@H]2C[C@H](O)C3)n(-c2ccccc2)c(=O)c2ccccc12. The summed E-state index contributed by atoms with van der Waals surface area (Å²) in [6.07, 6.45) is 3.08. The summed E-state index contributed by atoms with van der Waals surface area (Å²) in [7, 11) is 0. The average Bonchev–Trinajstić information content (AvgIpc) is 2.97. The van der Waals surface area contributed by atoms with E-state index in [0.717, 1.165) is 12.8 Å². The molecule has 0 aliphatic carbocycles. The number of piperidine rings is 1. The molecule has 2 saturated heterocycles. The van der Waals surface area contributed by atoms with Crippen LogP contribution < -0.4 is 5.56 Å². The molecule has 6 nitrogen and oxygen atoms in total. The van der Waals surface area contributed by atoms with E-state index in [9.17, 15) is 19.8 Å². The lowest BCUT2D eigenvalue weighted by Crippen LogP contribution is -2.45. The molecular weight excluding hydrogens is 380 g/mol. The Balaban J connectivity index is 1.76. The highest BCUT2D eigenvalue weighted by Gasteiger charge is 2.41. The maximum Gasteiger partial charge on any atom is 0.338 e. The first kappa shape index (κ1) is 19.0. The average molecular weight is 404 g/mol. The minimum atomic E-state index is -1.03. The molecule has 0 unspecified atom stereocenters. The number of carbonyl (C=O) groups is 1. The lowest BCUT2D eigenvalue weighted by molar-refractivity contribution is 0.0295. The standard InChI is InChI=1S/C24H24N2O4/c27-18-12-16-10-11-17(13-18)25(16)14-21-22(24(29)30)19-8-4-5-9-20(19)23(28)26(21)15-6-2-1-3-7-15/h1-9,16-18,27H,10-14H2,(H,29,30)/t16-,17+,18-. The van der Waals surface area contributed by atoms with Crippen LogP contribution in [0.25, 0.3) is 16.5 Å². The minimum absolute atomic E-state index is 0.180. The summed E-state index contributed by atoms with van der Waals surface area (Å²) >= 11 is 0. The number of fused-ring (bicyclic) bond motifs is 3. The van der Waals surface area contributed by atoms with Crippen LogP contribution in [0.3, 0.4) is 0 Å². The van der Waals surface area contributed by atoms with Gasteiger partial charge in [-0.3, -0.25) is 14.3 Å². The van der Waals surface area contributed by atoms with E-state index in [1.54, 1.807) is 28.8 Å². The van der Waals surface area contributed by atoms with E-state index in [1.165, 1.54) is 0 Å². The molecule has 3 heterocycles. The monoisotopic (exact) mass is 404 g/mol. The van der Waals surface area contributed by atoms with Crippen molar-refractivity contribution in [2.45, 2.75) is 50.4 Å². The van der Waals surface area contributed by atoms with Gasteiger partial charge < -0.3 is 10.2 Å². The van der Waals surface area contributed by atoms with Crippen LogP contribution in [0, 0.1) is 0 Å². The Hall–Kier alpha value is -2.96. The van der Waals surface area contributed by atoms with E-state index in [0.29, 0.717) is 41.5 Å². The Morgan fingerprint density at radius 1 is 0.933 bits per heavy atom. The number of rotatable bonds is 4. The van der Waals surface area contributed by atoms with Gasteiger partial charge >= 0.3 is 5.97 Å². The fourth-order valence-corrected chi connectivity index (χ4v) is 5.31. The second-order valence-corrected chi connectivity index (χ2v) is 8.33. The third-order valence-corrected chi connectivity index (χ3v) is 6.61. The summed E-state index contributed by atoms with van der Waals surface area (Å²) in [5.74, 6) is -1.03. The van der Waals surface area contributed by atoms with Crippen LogP contribution in [-0.2, 0) is 6.54 Å². The van der Waals surface area contributed by atoms with Crippen LogP contribution >= 0.6 is 0 Å². The fourth-order valence-electron chi connectivity index (χ4n) is 5.31. The second-order valence-electron chi connectivity index (χ2n) is 8.33. The molecule has 0 amide bonds. The molecule has 6 heteroatoms. The fraction of sp³-hybridized carbons (Fsp3) is 0.333. The van der Waals surface area contributed by atoms with E-state index in [2.05, 4.69) is 4.90 Å². The Morgan fingerprint density at radius 2 is 1.53 bits per heavy atom. The molecule has 2 aliphatic rings. The zero-order valence-electron chi connectivity index (χ0n) is 16.6. The van der Waals surface area contributed by atoms with Crippen LogP contribution in [0.5, 0.6) is 0 Å². The zero-order chi connectivity index (χ0) is 20.8. The first-order valence-electron chi connectivity index (χ1n) is 10.4. The molecule has 5 rings (SSSR count). The molecule has 0 spiro atoms. The molecule has 0 radical (unpaired) electrons. The first-order valence-corrected chi connectivity index (χ1v) is 10.4. The van der Waals surface area contributed by atoms with Crippen LogP contribution in [0.4, 0.5) is 0 Å². The molecule has 2 fully saturated rings. The van der Waals surface area contributed by atoms with Gasteiger partial charge in [0.25, 0.3) is 5.56 Å². The summed E-state index contributed by atoms with van der Waals surface area (Å²) < 4.78 is 1.57. The Bertz CT molecular complexity index is 1160. The number of aliphatic hydroxyl groups is 1. The molecule has 2 aliphatic heterocycles. The molecule has 3 atom stereocenters. The lowest BCUT2D eigenvalue weighted by atomic mass is 9.97. The van der Waals surface area contributed by atoms with Gasteiger partial charge in [-0.1, -0.05) is 36.4 Å². The van der Waals surface area contributed by atoms with Crippen LogP contribution in [0.2, 0.25) is 0 Å². The van der Waals surface area contributed by atoms with Crippen molar-refractivity contribution in [3.63, 3.8) is 0 Å². The molecule has 2 N–H and O–H groups in total. The number of hydrogen-bond donors (Lipinski definition) is 2. The van der Waals surface area contributed by atoms with E-state index < -0.39 is 5.97 Å². The van der Waals surface area contributed by atoms with Crippen LogP contribution in [-0.4, -0.2) is 43.8 Å². The van der Waals surface area contributed by atoms with Crippen molar-refractivity contribution in [3.8, 4) is 5.69 Å². The number of aromatic carboxylic acids is 1. The summed E-state index contributed by atoms with van der Waals surface area (Å²) in [6.45, 7) is 0.374. The van der Waals surface area contributed by atoms with Crippen molar-refractivity contribution in [2.75, 3.05) is 0 Å². The van der Waals surface area contributed by atoms with Gasteiger partial charge in [0.2, 0.25) is 0 Å². The number of para-hydroxylation sites is 1. The topological polar surface area (TPSA) is 82.8 Å². The summed E-state index contributed by atoms with van der Waals surface area (Å²) in [5.41, 5.74) is 1.14. The smallest absolute Gasteiger partial charge is 0.338 e. The number of nitrogens with zero attached hydrogens (tertiary/aromatic N) is 2. The predicted octanol–water partition coefficient (Wildman–Crippen LogP) is 3.18. The molecule has 2 aromatic carbocycles. The molecule has 0 saturated carbocycles. The van der Waals surface area contributed by atoms with Crippen LogP contribution in [0.15, 0.2) is 59.4 Å². The number of carboxylic acids is 1. The van der Waals surface area contributed by atoms with E-state index in [1.807, 2.05) is 30.3 Å². The highest BCUT2D eigenvalue weighted by Crippen LogP contribution is 2.37. The van der Waals surface area contributed by atoms with E-state index in [4.69, 9.17) is 0 Å². The van der Waals surface area contributed by atoms with Gasteiger partial charge in [-0.25, -0.2) is 4.79 Å². The lowest BCUT2D eigenvalue weighted by Gasteiger charge is -2.37. The summed E-state index contributed by atoms with van der Waals surface area (Å²) in [5, 5.41) is 21.2. The van der Waals surface area contributed by atoms with Gasteiger partial charge in [-0.05, 0) is 43.9 Å². The van der Waals surface area contributed by atoms with Gasteiger partial charge in [0, 0.05) is 35.1 Å². The summed E-state index contributed by atoms with van der Waals surface area (Å²) in [4.78, 5) is 28.2. The number of benzene rings is 2. The Kier molecular flexibility index (Phi) is 4.68. The van der Waals surface area contributed by atoms with Crippen molar-refractivity contribution < 1.29 is 15.0 Å².